The fraction of sp³-hybridized carbons (Fsp3) is 0.333. The highest BCUT2D eigenvalue weighted by molar-refractivity contribution is 6.30. The Kier molecular flexibility index (Phi) is 6.56. The number of hydrogen-bond donors (Lipinski definition) is 2. The monoisotopic (exact) mass is 307 g/mol. The summed E-state index contributed by atoms with van der Waals surface area (Å²) in [6, 6.07) is 9.28. The Hall–Kier alpha value is -1.53. The summed E-state index contributed by atoms with van der Waals surface area (Å²) < 4.78 is 5.47. The predicted molar refractivity (Wildman–Crippen MR) is 80.9 cm³/mol. The van der Waals surface area contributed by atoms with E-state index in [9.17, 15) is 5.11 Å². The second-order valence-electron chi connectivity index (χ2n) is 4.63. The van der Waals surface area contributed by atoms with Crippen LogP contribution < -0.4 is 5.32 Å². The van der Waals surface area contributed by atoms with Gasteiger partial charge in [-0.25, -0.2) is 9.97 Å². The molecule has 1 aromatic carbocycles. The van der Waals surface area contributed by atoms with Crippen molar-refractivity contribution in [3.05, 3.63) is 59.1 Å². The van der Waals surface area contributed by atoms with Crippen molar-refractivity contribution in [3.8, 4) is 0 Å². The highest BCUT2D eigenvalue weighted by Gasteiger charge is 2.04. The molecule has 6 heteroatoms. The molecule has 0 bridgehead atoms. The Morgan fingerprint density at radius 1 is 1.24 bits per heavy atom. The minimum Gasteiger partial charge on any atom is -0.389 e. The lowest BCUT2D eigenvalue weighted by molar-refractivity contribution is 0.0287. The molecule has 0 amide bonds. The molecule has 2 rings (SSSR count). The molecule has 2 aromatic rings. The zero-order chi connectivity index (χ0) is 14.9. The molecule has 5 nitrogen and oxygen atoms in total. The molecule has 0 fully saturated rings. The van der Waals surface area contributed by atoms with Gasteiger partial charge in [0, 0.05) is 24.3 Å². The van der Waals surface area contributed by atoms with E-state index < -0.39 is 6.10 Å². The van der Waals surface area contributed by atoms with Gasteiger partial charge >= 0.3 is 0 Å². The fourth-order valence-electron chi connectivity index (χ4n) is 1.74. The smallest absolute Gasteiger partial charge is 0.115 e. The summed E-state index contributed by atoms with van der Waals surface area (Å²) in [6.45, 7) is 1.78. The molecule has 0 saturated carbocycles. The Labute approximate surface area is 129 Å². The van der Waals surface area contributed by atoms with E-state index in [4.69, 9.17) is 16.3 Å². The zero-order valence-electron chi connectivity index (χ0n) is 11.6. The molecule has 21 heavy (non-hydrogen) atoms. The Morgan fingerprint density at radius 2 is 2.05 bits per heavy atom. The Morgan fingerprint density at radius 3 is 2.76 bits per heavy atom. The van der Waals surface area contributed by atoms with Crippen molar-refractivity contribution in [3.63, 3.8) is 0 Å². The van der Waals surface area contributed by atoms with Gasteiger partial charge in [-0.1, -0.05) is 23.7 Å². The van der Waals surface area contributed by atoms with Crippen molar-refractivity contribution in [2.24, 2.45) is 0 Å². The molecule has 2 N–H and O–H groups in total. The van der Waals surface area contributed by atoms with Gasteiger partial charge in [0.15, 0.2) is 0 Å². The number of ether oxygens (including phenoxy) is 1. The number of aliphatic hydroxyl groups excluding tert-OH is 1. The van der Waals surface area contributed by atoms with Gasteiger partial charge in [-0.3, -0.25) is 0 Å². The first-order valence-electron chi connectivity index (χ1n) is 6.70. The van der Waals surface area contributed by atoms with E-state index in [-0.39, 0.29) is 6.61 Å². The first-order chi connectivity index (χ1) is 10.2. The SMILES string of the molecule is OC(CNCc1ccncn1)COCc1ccc(Cl)cc1. The van der Waals surface area contributed by atoms with Gasteiger partial charge in [0.05, 0.1) is 25.0 Å². The molecule has 1 atom stereocenters. The largest absolute Gasteiger partial charge is 0.389 e. The van der Waals surface area contributed by atoms with Crippen molar-refractivity contribution >= 4 is 11.6 Å². The summed E-state index contributed by atoms with van der Waals surface area (Å²) in [6.07, 6.45) is 2.64. The van der Waals surface area contributed by atoms with E-state index in [0.29, 0.717) is 24.7 Å². The molecule has 1 unspecified atom stereocenters. The molecule has 0 radical (unpaired) electrons. The maximum absolute atomic E-state index is 9.81. The van der Waals surface area contributed by atoms with Crippen LogP contribution in [0.3, 0.4) is 0 Å². The van der Waals surface area contributed by atoms with E-state index in [1.54, 1.807) is 6.20 Å². The van der Waals surface area contributed by atoms with Crippen LogP contribution in [0.15, 0.2) is 42.9 Å². The zero-order valence-corrected chi connectivity index (χ0v) is 12.3. The van der Waals surface area contributed by atoms with Crippen molar-refractivity contribution < 1.29 is 9.84 Å². The molecule has 112 valence electrons. The highest BCUT2D eigenvalue weighted by Crippen LogP contribution is 2.10. The van der Waals surface area contributed by atoms with Crippen LogP contribution in [0.2, 0.25) is 5.02 Å². The maximum Gasteiger partial charge on any atom is 0.115 e. The second kappa shape index (κ2) is 8.69. The molecule has 1 aromatic heterocycles. The molecule has 1 heterocycles. The fourth-order valence-corrected chi connectivity index (χ4v) is 1.87. The van der Waals surface area contributed by atoms with E-state index in [2.05, 4.69) is 15.3 Å². The quantitative estimate of drug-likeness (QED) is 0.778. The number of aliphatic hydroxyl groups is 1. The standard InChI is InChI=1S/C15H18ClN3O2/c16-13-3-1-12(2-4-13)9-21-10-15(20)8-18-7-14-5-6-17-11-19-14/h1-6,11,15,18,20H,7-10H2. The van der Waals surface area contributed by atoms with E-state index in [1.807, 2.05) is 30.3 Å². The normalized spacial score (nSPS) is 12.3. The number of halogens is 1. The lowest BCUT2D eigenvalue weighted by atomic mass is 10.2. The summed E-state index contributed by atoms with van der Waals surface area (Å²) >= 11 is 5.81. The number of rotatable bonds is 8. The van der Waals surface area contributed by atoms with Crippen LogP contribution in [0.5, 0.6) is 0 Å². The van der Waals surface area contributed by atoms with Gasteiger partial charge in [0.25, 0.3) is 0 Å². The first-order valence-corrected chi connectivity index (χ1v) is 7.07. The van der Waals surface area contributed by atoms with Gasteiger partial charge in [-0.2, -0.15) is 0 Å². The van der Waals surface area contributed by atoms with Crippen LogP contribution in [0.1, 0.15) is 11.3 Å². The lowest BCUT2D eigenvalue weighted by Gasteiger charge is -2.12. The molecule has 0 aliphatic heterocycles. The number of nitrogens with zero attached hydrogens (tertiary/aromatic N) is 2. The molecular formula is C15H18ClN3O2. The first kappa shape index (κ1) is 15.9. The highest BCUT2D eigenvalue weighted by atomic mass is 35.5. The Bertz CT molecular complexity index is 522. The van der Waals surface area contributed by atoms with Gasteiger partial charge in [0.2, 0.25) is 0 Å². The molecule has 0 spiro atoms. The van der Waals surface area contributed by atoms with Crippen LogP contribution >= 0.6 is 11.6 Å². The van der Waals surface area contributed by atoms with Crippen LogP contribution in [-0.4, -0.2) is 34.3 Å². The second-order valence-corrected chi connectivity index (χ2v) is 5.06. The summed E-state index contributed by atoms with van der Waals surface area (Å²) in [5, 5.41) is 13.6. The summed E-state index contributed by atoms with van der Waals surface area (Å²) in [7, 11) is 0. The average Bonchev–Trinajstić information content (AvgIpc) is 2.50. The maximum atomic E-state index is 9.81. The molecule has 0 saturated heterocycles. The van der Waals surface area contributed by atoms with Gasteiger partial charge in [0.1, 0.15) is 6.33 Å². The summed E-state index contributed by atoms with van der Waals surface area (Å²) in [4.78, 5) is 7.93. The molecule has 0 aliphatic carbocycles. The molecular weight excluding hydrogens is 290 g/mol. The van der Waals surface area contributed by atoms with E-state index in [1.165, 1.54) is 6.33 Å². The number of benzene rings is 1. The van der Waals surface area contributed by atoms with Gasteiger partial charge < -0.3 is 15.2 Å². The van der Waals surface area contributed by atoms with Crippen molar-refractivity contribution in [2.45, 2.75) is 19.3 Å². The third kappa shape index (κ3) is 6.18. The number of aromatic nitrogens is 2. The summed E-state index contributed by atoms with van der Waals surface area (Å²) in [5.41, 5.74) is 1.92. The minimum absolute atomic E-state index is 0.277. The van der Waals surface area contributed by atoms with Gasteiger partial charge in [-0.15, -0.1) is 0 Å². The average molecular weight is 308 g/mol. The van der Waals surface area contributed by atoms with Crippen LogP contribution in [0.25, 0.3) is 0 Å². The van der Waals surface area contributed by atoms with Crippen LogP contribution in [0.4, 0.5) is 0 Å². The summed E-state index contributed by atoms with van der Waals surface area (Å²) in [5.74, 6) is 0. The van der Waals surface area contributed by atoms with E-state index in [0.717, 1.165) is 11.3 Å². The van der Waals surface area contributed by atoms with Crippen molar-refractivity contribution in [1.82, 2.24) is 15.3 Å². The van der Waals surface area contributed by atoms with Crippen molar-refractivity contribution in [1.29, 1.82) is 0 Å². The van der Waals surface area contributed by atoms with Crippen LogP contribution in [0, 0.1) is 0 Å². The predicted octanol–water partition coefficient (Wildman–Crippen LogP) is 1.80. The lowest BCUT2D eigenvalue weighted by Crippen LogP contribution is -2.30. The van der Waals surface area contributed by atoms with E-state index >= 15 is 0 Å². The Balaban J connectivity index is 1.59. The third-order valence-corrected chi connectivity index (χ3v) is 3.07. The van der Waals surface area contributed by atoms with Gasteiger partial charge in [-0.05, 0) is 23.8 Å². The third-order valence-electron chi connectivity index (χ3n) is 2.82. The topological polar surface area (TPSA) is 67.3 Å². The van der Waals surface area contributed by atoms with Crippen molar-refractivity contribution in [2.75, 3.05) is 13.2 Å². The molecule has 0 aliphatic rings. The van der Waals surface area contributed by atoms with Crippen LogP contribution in [-0.2, 0) is 17.9 Å². The number of hydrogen-bond acceptors (Lipinski definition) is 5. The number of nitrogens with one attached hydrogen (secondary N) is 1. The minimum atomic E-state index is -0.556.